The van der Waals surface area contributed by atoms with Gasteiger partial charge in [0.05, 0.1) is 16.3 Å². The number of rotatable bonds is 6. The average Bonchev–Trinajstić information content (AvgIpc) is 3.14. The fraction of sp³-hybridized carbons (Fsp3) is 0.273. The Morgan fingerprint density at radius 2 is 1.94 bits per heavy atom. The van der Waals surface area contributed by atoms with Gasteiger partial charge in [0.25, 0.3) is 11.8 Å². The molecule has 0 spiro atoms. The lowest BCUT2D eigenvalue weighted by atomic mass is 9.99. The number of aromatic nitrogens is 2. The summed E-state index contributed by atoms with van der Waals surface area (Å²) in [5.74, 6) is -0.677. The Balaban J connectivity index is 1.81. The number of aliphatic hydroxyl groups is 1. The van der Waals surface area contributed by atoms with E-state index in [2.05, 4.69) is 20.6 Å². The van der Waals surface area contributed by atoms with Crippen molar-refractivity contribution in [3.8, 4) is 11.1 Å². The first-order valence-electron chi connectivity index (χ1n) is 9.74. The normalized spacial score (nSPS) is 11.9. The molecule has 0 saturated carbocycles. The summed E-state index contributed by atoms with van der Waals surface area (Å²) in [5, 5.41) is 18.2. The van der Waals surface area contributed by atoms with E-state index >= 15 is 0 Å². The molecule has 5 N–H and O–H groups in total. The van der Waals surface area contributed by atoms with Crippen LogP contribution in [0.1, 0.15) is 46.6 Å². The molecule has 0 aliphatic heterocycles. The zero-order valence-corrected chi connectivity index (χ0v) is 18.6. The molecule has 0 fully saturated rings. The number of carbonyl (C=O) groups excluding carboxylic acids is 2. The molecular formula is C22H25N5O3S. The largest absolute Gasteiger partial charge is 0.383 e. The number of nitrogens with two attached hydrogens (primary N) is 1. The van der Waals surface area contributed by atoms with Crippen molar-refractivity contribution < 1.29 is 14.7 Å². The molecule has 0 bridgehead atoms. The number of nitrogens with one attached hydrogen (secondary N) is 2. The van der Waals surface area contributed by atoms with E-state index in [9.17, 15) is 14.7 Å². The Hall–Kier alpha value is -3.30. The van der Waals surface area contributed by atoms with Crippen LogP contribution in [-0.4, -0.2) is 32.9 Å². The van der Waals surface area contributed by atoms with E-state index in [0.717, 1.165) is 21.7 Å². The number of aliphatic hydroxyl groups excluding tert-OH is 1. The summed E-state index contributed by atoms with van der Waals surface area (Å²) in [5.41, 5.74) is 9.51. The molecule has 162 valence electrons. The standard InChI is InChI=1S/C22H25N5O3S/c1-11(2)25-21(29)17-8-14(9-24-20(17)23)16-6-5-15(7-12(16)3)27-22(30)19(28)18-10-31-13(4)26-18/h5-11,19,28H,1-4H3,(H2,23,24)(H,25,29)(H,27,30). The van der Waals surface area contributed by atoms with Crippen molar-refractivity contribution in [2.75, 3.05) is 11.1 Å². The third kappa shape index (κ3) is 5.25. The highest BCUT2D eigenvalue weighted by Crippen LogP contribution is 2.28. The van der Waals surface area contributed by atoms with E-state index in [1.54, 1.807) is 29.8 Å². The second kappa shape index (κ2) is 9.23. The van der Waals surface area contributed by atoms with Crippen molar-refractivity contribution in [3.05, 3.63) is 57.7 Å². The highest BCUT2D eigenvalue weighted by atomic mass is 32.1. The van der Waals surface area contributed by atoms with Gasteiger partial charge in [0, 0.05) is 28.9 Å². The summed E-state index contributed by atoms with van der Waals surface area (Å²) < 4.78 is 0. The van der Waals surface area contributed by atoms with Crippen LogP contribution in [0.5, 0.6) is 0 Å². The van der Waals surface area contributed by atoms with Gasteiger partial charge < -0.3 is 21.5 Å². The van der Waals surface area contributed by atoms with Crippen molar-refractivity contribution in [2.45, 2.75) is 39.8 Å². The minimum absolute atomic E-state index is 0.0243. The highest BCUT2D eigenvalue weighted by Gasteiger charge is 2.20. The summed E-state index contributed by atoms with van der Waals surface area (Å²) in [6.45, 7) is 7.43. The predicted octanol–water partition coefficient (Wildman–Crippen LogP) is 3.21. The molecule has 1 atom stereocenters. The van der Waals surface area contributed by atoms with Crippen LogP contribution in [0.2, 0.25) is 0 Å². The first-order chi connectivity index (χ1) is 14.7. The Bertz CT molecular complexity index is 1130. The van der Waals surface area contributed by atoms with E-state index in [4.69, 9.17) is 5.73 Å². The molecule has 3 rings (SSSR count). The summed E-state index contributed by atoms with van der Waals surface area (Å²) in [6.07, 6.45) is 0.268. The first-order valence-corrected chi connectivity index (χ1v) is 10.6. The number of pyridine rings is 1. The number of nitrogen functional groups attached to an aromatic ring is 1. The van der Waals surface area contributed by atoms with Gasteiger partial charge in [-0.1, -0.05) is 6.07 Å². The molecule has 0 aliphatic rings. The van der Waals surface area contributed by atoms with Gasteiger partial charge in [0.2, 0.25) is 0 Å². The lowest BCUT2D eigenvalue weighted by Crippen LogP contribution is -2.30. The fourth-order valence-electron chi connectivity index (χ4n) is 3.06. The zero-order chi connectivity index (χ0) is 22.7. The number of benzene rings is 1. The molecule has 2 heterocycles. The van der Waals surface area contributed by atoms with E-state index in [1.165, 1.54) is 11.3 Å². The van der Waals surface area contributed by atoms with E-state index in [1.807, 2.05) is 33.8 Å². The Morgan fingerprint density at radius 1 is 1.19 bits per heavy atom. The number of hydrogen-bond donors (Lipinski definition) is 4. The third-order valence-electron chi connectivity index (χ3n) is 4.55. The second-order valence-electron chi connectivity index (χ2n) is 7.50. The van der Waals surface area contributed by atoms with Crippen LogP contribution in [0.25, 0.3) is 11.1 Å². The van der Waals surface area contributed by atoms with E-state index < -0.39 is 12.0 Å². The maximum Gasteiger partial charge on any atom is 0.259 e. The Kier molecular flexibility index (Phi) is 6.67. The molecule has 0 aliphatic carbocycles. The number of nitrogens with zero attached hydrogens (tertiary/aromatic N) is 2. The summed E-state index contributed by atoms with van der Waals surface area (Å²) >= 11 is 1.37. The van der Waals surface area contributed by atoms with Crippen molar-refractivity contribution in [3.63, 3.8) is 0 Å². The lowest BCUT2D eigenvalue weighted by Gasteiger charge is -2.14. The quantitative estimate of drug-likeness (QED) is 0.467. The Labute approximate surface area is 184 Å². The fourth-order valence-corrected chi connectivity index (χ4v) is 3.69. The van der Waals surface area contributed by atoms with Crippen molar-refractivity contribution in [1.29, 1.82) is 0 Å². The van der Waals surface area contributed by atoms with Gasteiger partial charge in [-0.25, -0.2) is 9.97 Å². The van der Waals surface area contributed by atoms with Crippen molar-refractivity contribution in [2.24, 2.45) is 0 Å². The molecule has 3 aromatic rings. The number of aryl methyl sites for hydroxylation is 2. The van der Waals surface area contributed by atoms with Gasteiger partial charge in [-0.2, -0.15) is 0 Å². The average molecular weight is 440 g/mol. The second-order valence-corrected chi connectivity index (χ2v) is 8.56. The number of anilines is 2. The maximum atomic E-state index is 12.4. The van der Waals surface area contributed by atoms with Crippen LogP contribution < -0.4 is 16.4 Å². The Morgan fingerprint density at radius 3 is 2.55 bits per heavy atom. The number of amides is 2. The minimum atomic E-state index is -1.34. The van der Waals surface area contributed by atoms with Gasteiger partial charge in [-0.3, -0.25) is 9.59 Å². The molecule has 1 unspecified atom stereocenters. The molecular weight excluding hydrogens is 414 g/mol. The van der Waals surface area contributed by atoms with Crippen LogP contribution in [0.3, 0.4) is 0 Å². The number of thiazole rings is 1. The smallest absolute Gasteiger partial charge is 0.259 e. The van der Waals surface area contributed by atoms with Crippen LogP contribution in [0, 0.1) is 13.8 Å². The monoisotopic (exact) mass is 439 g/mol. The molecule has 0 saturated heterocycles. The predicted molar refractivity (Wildman–Crippen MR) is 122 cm³/mol. The number of carbonyl (C=O) groups is 2. The van der Waals surface area contributed by atoms with Crippen LogP contribution in [-0.2, 0) is 4.79 Å². The van der Waals surface area contributed by atoms with Crippen molar-refractivity contribution >= 4 is 34.7 Å². The van der Waals surface area contributed by atoms with Gasteiger partial charge >= 0.3 is 0 Å². The molecule has 9 heteroatoms. The van der Waals surface area contributed by atoms with Crippen LogP contribution in [0.4, 0.5) is 11.5 Å². The minimum Gasteiger partial charge on any atom is -0.383 e. The topological polar surface area (TPSA) is 130 Å². The highest BCUT2D eigenvalue weighted by molar-refractivity contribution is 7.09. The zero-order valence-electron chi connectivity index (χ0n) is 17.8. The molecule has 2 aromatic heterocycles. The van der Waals surface area contributed by atoms with E-state index in [-0.39, 0.29) is 17.8 Å². The lowest BCUT2D eigenvalue weighted by molar-refractivity contribution is -0.124. The third-order valence-corrected chi connectivity index (χ3v) is 5.34. The summed E-state index contributed by atoms with van der Waals surface area (Å²) in [4.78, 5) is 33.1. The molecule has 1 aromatic carbocycles. The summed E-state index contributed by atoms with van der Waals surface area (Å²) in [6, 6.07) is 7.01. The van der Waals surface area contributed by atoms with E-state index in [0.29, 0.717) is 16.9 Å². The van der Waals surface area contributed by atoms with Gasteiger partial charge in [-0.05, 0) is 57.0 Å². The molecule has 31 heavy (non-hydrogen) atoms. The van der Waals surface area contributed by atoms with Gasteiger partial charge in [0.1, 0.15) is 5.82 Å². The van der Waals surface area contributed by atoms with Gasteiger partial charge in [0.15, 0.2) is 6.10 Å². The van der Waals surface area contributed by atoms with Gasteiger partial charge in [-0.15, -0.1) is 11.3 Å². The number of hydrogen-bond acceptors (Lipinski definition) is 7. The molecule has 0 radical (unpaired) electrons. The molecule has 8 nitrogen and oxygen atoms in total. The first kappa shape index (κ1) is 22.4. The van der Waals surface area contributed by atoms with Crippen molar-refractivity contribution in [1.82, 2.24) is 15.3 Å². The maximum absolute atomic E-state index is 12.4. The van der Waals surface area contributed by atoms with Crippen LogP contribution >= 0.6 is 11.3 Å². The SMILES string of the molecule is Cc1nc(C(O)C(=O)Nc2ccc(-c3cnc(N)c(C(=O)NC(C)C)c3)c(C)c2)cs1. The van der Waals surface area contributed by atoms with Crippen LogP contribution in [0.15, 0.2) is 35.8 Å². The summed E-state index contributed by atoms with van der Waals surface area (Å²) in [7, 11) is 0. The molecule has 2 amide bonds.